The summed E-state index contributed by atoms with van der Waals surface area (Å²) < 4.78 is 10.4. The number of aromatic nitrogens is 3. The van der Waals surface area contributed by atoms with Gasteiger partial charge in [0.25, 0.3) is 0 Å². The van der Waals surface area contributed by atoms with Gasteiger partial charge in [-0.1, -0.05) is 18.7 Å². The Morgan fingerprint density at radius 1 is 1.35 bits per heavy atom. The molecule has 6 nitrogen and oxygen atoms in total. The number of H-pyrrole nitrogens is 1. The van der Waals surface area contributed by atoms with Gasteiger partial charge >= 0.3 is 5.97 Å². The van der Waals surface area contributed by atoms with Crippen molar-refractivity contribution < 1.29 is 14.3 Å². The van der Waals surface area contributed by atoms with Crippen LogP contribution in [0.1, 0.15) is 10.4 Å². The number of imidazole rings is 1. The predicted molar refractivity (Wildman–Crippen MR) is 86.4 cm³/mol. The highest BCUT2D eigenvalue weighted by molar-refractivity contribution is 5.96. The Bertz CT molecular complexity index is 870. The number of aromatic amines is 1. The summed E-state index contributed by atoms with van der Waals surface area (Å²) in [6.45, 7) is 4.02. The lowest BCUT2D eigenvalue weighted by Crippen LogP contribution is -2.05. The molecule has 0 fully saturated rings. The first kappa shape index (κ1) is 14.8. The molecule has 0 aliphatic heterocycles. The van der Waals surface area contributed by atoms with Crippen LogP contribution in [0.4, 0.5) is 0 Å². The highest BCUT2D eigenvalue weighted by atomic mass is 16.5. The number of ether oxygens (including phenoxy) is 2. The maximum Gasteiger partial charge on any atom is 0.340 e. The van der Waals surface area contributed by atoms with E-state index >= 15 is 0 Å². The fraction of sp³-hybridized carbons (Fsp3) is 0.118. The molecule has 2 heterocycles. The molecule has 0 radical (unpaired) electrons. The minimum atomic E-state index is -0.461. The predicted octanol–water partition coefficient (Wildman–Crippen LogP) is 2.98. The Hall–Kier alpha value is -3.15. The zero-order chi connectivity index (χ0) is 16.2. The number of para-hydroxylation sites is 1. The third kappa shape index (κ3) is 2.78. The van der Waals surface area contributed by atoms with Gasteiger partial charge < -0.3 is 14.5 Å². The maximum atomic E-state index is 11.9. The van der Waals surface area contributed by atoms with Gasteiger partial charge in [0.05, 0.1) is 18.2 Å². The van der Waals surface area contributed by atoms with Crippen molar-refractivity contribution in [3.63, 3.8) is 0 Å². The van der Waals surface area contributed by atoms with Crippen molar-refractivity contribution in [3.05, 3.63) is 54.7 Å². The number of carbonyl (C=O) groups is 1. The van der Waals surface area contributed by atoms with Crippen LogP contribution < -0.4 is 4.74 Å². The molecule has 116 valence electrons. The Balaban J connectivity index is 2.11. The minimum Gasteiger partial charge on any atom is -0.487 e. The Morgan fingerprint density at radius 2 is 2.22 bits per heavy atom. The number of hydrogen-bond donors (Lipinski definition) is 1. The van der Waals surface area contributed by atoms with Crippen LogP contribution in [0.25, 0.3) is 22.6 Å². The Kier molecular flexibility index (Phi) is 4.05. The van der Waals surface area contributed by atoms with Gasteiger partial charge in [0.1, 0.15) is 23.6 Å². The Morgan fingerprint density at radius 3 is 3.00 bits per heavy atom. The third-order valence-electron chi connectivity index (χ3n) is 3.27. The van der Waals surface area contributed by atoms with E-state index in [1.807, 2.05) is 18.2 Å². The van der Waals surface area contributed by atoms with Crippen molar-refractivity contribution in [1.29, 1.82) is 0 Å². The second-order valence-corrected chi connectivity index (χ2v) is 4.73. The molecule has 0 atom stereocenters. The van der Waals surface area contributed by atoms with E-state index in [0.29, 0.717) is 35.0 Å². The largest absolute Gasteiger partial charge is 0.487 e. The van der Waals surface area contributed by atoms with E-state index in [1.165, 1.54) is 7.11 Å². The summed E-state index contributed by atoms with van der Waals surface area (Å²) in [6, 6.07) is 8.90. The number of carbonyl (C=O) groups excluding carboxylic acids is 1. The van der Waals surface area contributed by atoms with Crippen LogP contribution in [-0.2, 0) is 4.74 Å². The van der Waals surface area contributed by atoms with Gasteiger partial charge in [-0.25, -0.2) is 9.78 Å². The number of nitrogens with zero attached hydrogens (tertiary/aromatic N) is 2. The van der Waals surface area contributed by atoms with Crippen LogP contribution in [0.2, 0.25) is 0 Å². The smallest absolute Gasteiger partial charge is 0.340 e. The first-order valence-corrected chi connectivity index (χ1v) is 7.00. The molecular formula is C17H15N3O3. The molecule has 0 spiro atoms. The van der Waals surface area contributed by atoms with Gasteiger partial charge in [-0.3, -0.25) is 4.98 Å². The number of pyridine rings is 1. The number of methoxy groups -OCH3 is 1. The lowest BCUT2D eigenvalue weighted by molar-refractivity contribution is 0.0601. The van der Waals surface area contributed by atoms with Crippen LogP contribution in [0, 0.1) is 0 Å². The van der Waals surface area contributed by atoms with Crippen LogP contribution in [0.5, 0.6) is 5.75 Å². The van der Waals surface area contributed by atoms with Crippen molar-refractivity contribution in [2.45, 2.75) is 0 Å². The zero-order valence-electron chi connectivity index (χ0n) is 12.6. The van der Waals surface area contributed by atoms with E-state index in [4.69, 9.17) is 9.47 Å². The van der Waals surface area contributed by atoms with Gasteiger partial charge in [-0.2, -0.15) is 0 Å². The molecule has 23 heavy (non-hydrogen) atoms. The average molecular weight is 309 g/mol. The number of nitrogens with one attached hydrogen (secondary N) is 1. The van der Waals surface area contributed by atoms with E-state index < -0.39 is 5.97 Å². The molecule has 0 aliphatic carbocycles. The molecule has 1 N–H and O–H groups in total. The molecule has 0 aliphatic rings. The molecule has 0 saturated carbocycles. The SMILES string of the molecule is C=CCOc1cccc2[nH]c(-c3ncccc3C(=O)OC)nc12. The fourth-order valence-corrected chi connectivity index (χ4v) is 2.25. The van der Waals surface area contributed by atoms with E-state index in [9.17, 15) is 4.79 Å². The first-order chi connectivity index (χ1) is 11.2. The van der Waals surface area contributed by atoms with Crippen molar-refractivity contribution in [2.75, 3.05) is 13.7 Å². The second-order valence-electron chi connectivity index (χ2n) is 4.73. The topological polar surface area (TPSA) is 77.1 Å². The zero-order valence-corrected chi connectivity index (χ0v) is 12.6. The number of benzene rings is 1. The number of fused-ring (bicyclic) bond motifs is 1. The standard InChI is InChI=1S/C17H15N3O3/c1-3-10-23-13-8-4-7-12-15(13)20-16(19-12)14-11(17(21)22-2)6-5-9-18-14/h3-9H,1,10H2,2H3,(H,19,20). The van der Waals surface area contributed by atoms with Gasteiger partial charge in [0, 0.05) is 6.20 Å². The second kappa shape index (κ2) is 6.31. The fourth-order valence-electron chi connectivity index (χ4n) is 2.25. The summed E-state index contributed by atoms with van der Waals surface area (Å²) in [7, 11) is 1.33. The number of esters is 1. The quantitative estimate of drug-likeness (QED) is 0.579. The van der Waals surface area contributed by atoms with Crippen LogP contribution in [0.15, 0.2) is 49.2 Å². The number of hydrogen-bond acceptors (Lipinski definition) is 5. The molecule has 3 aromatic rings. The summed E-state index contributed by atoms with van der Waals surface area (Å²) in [5.41, 5.74) is 2.25. The highest BCUT2D eigenvalue weighted by Gasteiger charge is 2.18. The molecule has 0 bridgehead atoms. The van der Waals surface area contributed by atoms with Crippen LogP contribution in [0.3, 0.4) is 0 Å². The monoisotopic (exact) mass is 309 g/mol. The molecule has 0 saturated heterocycles. The number of rotatable bonds is 5. The van der Waals surface area contributed by atoms with Gasteiger partial charge in [-0.05, 0) is 24.3 Å². The van der Waals surface area contributed by atoms with Crippen molar-refractivity contribution in [2.24, 2.45) is 0 Å². The lowest BCUT2D eigenvalue weighted by atomic mass is 10.2. The third-order valence-corrected chi connectivity index (χ3v) is 3.27. The maximum absolute atomic E-state index is 11.9. The molecule has 1 aromatic carbocycles. The van der Waals surface area contributed by atoms with Gasteiger partial charge in [0.2, 0.25) is 0 Å². The normalized spacial score (nSPS) is 10.5. The molecule has 0 amide bonds. The van der Waals surface area contributed by atoms with E-state index in [0.717, 1.165) is 5.52 Å². The summed E-state index contributed by atoms with van der Waals surface area (Å²) >= 11 is 0. The van der Waals surface area contributed by atoms with Crippen LogP contribution in [-0.4, -0.2) is 34.6 Å². The molecule has 6 heteroatoms. The summed E-state index contributed by atoms with van der Waals surface area (Å²) in [4.78, 5) is 23.8. The molecule has 0 unspecified atom stereocenters. The van der Waals surface area contributed by atoms with Crippen molar-refractivity contribution in [1.82, 2.24) is 15.0 Å². The van der Waals surface area contributed by atoms with Crippen molar-refractivity contribution in [3.8, 4) is 17.3 Å². The van der Waals surface area contributed by atoms with E-state index in [-0.39, 0.29) is 0 Å². The molecular weight excluding hydrogens is 294 g/mol. The van der Waals surface area contributed by atoms with Gasteiger partial charge in [0.15, 0.2) is 5.82 Å². The Labute approximate surface area is 132 Å². The lowest BCUT2D eigenvalue weighted by Gasteiger charge is -2.03. The highest BCUT2D eigenvalue weighted by Crippen LogP contribution is 2.28. The summed E-state index contributed by atoms with van der Waals surface area (Å²) in [5, 5.41) is 0. The average Bonchev–Trinajstić information content (AvgIpc) is 3.03. The van der Waals surface area contributed by atoms with Crippen molar-refractivity contribution >= 4 is 17.0 Å². The molecule has 2 aromatic heterocycles. The first-order valence-electron chi connectivity index (χ1n) is 7.00. The summed E-state index contributed by atoms with van der Waals surface area (Å²) in [6.07, 6.45) is 3.27. The minimum absolute atomic E-state index is 0.350. The van der Waals surface area contributed by atoms with Gasteiger partial charge in [-0.15, -0.1) is 0 Å². The van der Waals surface area contributed by atoms with E-state index in [1.54, 1.807) is 24.4 Å². The molecule has 3 rings (SSSR count). The van der Waals surface area contributed by atoms with Crippen LogP contribution >= 0.6 is 0 Å². The summed E-state index contributed by atoms with van der Waals surface area (Å²) in [5.74, 6) is 0.660. The van der Waals surface area contributed by atoms with E-state index in [2.05, 4.69) is 21.5 Å².